The zero-order valence-electron chi connectivity index (χ0n) is 11.4. The maximum absolute atomic E-state index is 12.1. The Bertz CT molecular complexity index is 666. The minimum absolute atomic E-state index is 0.0456. The molecule has 6 nitrogen and oxygen atoms in total. The van der Waals surface area contributed by atoms with E-state index in [2.05, 4.69) is 20.3 Å². The van der Waals surface area contributed by atoms with Crippen LogP contribution in [-0.4, -0.2) is 28.5 Å². The Morgan fingerprint density at radius 3 is 2.86 bits per heavy atom. The lowest BCUT2D eigenvalue weighted by Crippen LogP contribution is -2.15. The molecule has 0 fully saturated rings. The number of rotatable bonds is 6. The van der Waals surface area contributed by atoms with Gasteiger partial charge in [0.2, 0.25) is 11.0 Å². The van der Waals surface area contributed by atoms with E-state index >= 15 is 0 Å². The van der Waals surface area contributed by atoms with E-state index in [9.17, 15) is 13.6 Å². The number of nitrogens with zero attached hydrogens (tertiary/aromatic N) is 2. The SMILES string of the molecule is Cc1cc(OC(F)F)ccc1NC(=O)CSc1nnc(N)s1. The molecule has 1 aromatic carbocycles. The van der Waals surface area contributed by atoms with Crippen molar-refractivity contribution in [3.8, 4) is 5.75 Å². The van der Waals surface area contributed by atoms with Crippen molar-refractivity contribution in [2.45, 2.75) is 17.9 Å². The molecule has 0 saturated heterocycles. The molecule has 0 radical (unpaired) electrons. The number of ether oxygens (including phenoxy) is 1. The molecular formula is C12H12F2N4O2S2. The Morgan fingerprint density at radius 1 is 1.50 bits per heavy atom. The van der Waals surface area contributed by atoms with Crippen molar-refractivity contribution < 1.29 is 18.3 Å². The molecule has 10 heteroatoms. The molecule has 0 atom stereocenters. The third-order valence-electron chi connectivity index (χ3n) is 2.45. The first-order chi connectivity index (χ1) is 10.4. The Balaban J connectivity index is 1.90. The number of hydrogen-bond donors (Lipinski definition) is 2. The molecule has 0 unspecified atom stereocenters. The number of benzene rings is 1. The number of aromatic nitrogens is 2. The summed E-state index contributed by atoms with van der Waals surface area (Å²) in [6, 6.07) is 4.31. The van der Waals surface area contributed by atoms with E-state index in [-0.39, 0.29) is 17.4 Å². The highest BCUT2D eigenvalue weighted by Gasteiger charge is 2.10. The molecule has 2 rings (SSSR count). The molecule has 3 N–H and O–H groups in total. The van der Waals surface area contributed by atoms with Crippen LogP contribution in [0, 0.1) is 6.92 Å². The van der Waals surface area contributed by atoms with E-state index in [1.807, 2.05) is 0 Å². The van der Waals surface area contributed by atoms with Crippen LogP contribution in [0.15, 0.2) is 22.5 Å². The van der Waals surface area contributed by atoms with E-state index in [4.69, 9.17) is 5.73 Å². The summed E-state index contributed by atoms with van der Waals surface area (Å²) in [5.74, 6) is -0.0581. The second kappa shape index (κ2) is 7.36. The smallest absolute Gasteiger partial charge is 0.387 e. The summed E-state index contributed by atoms with van der Waals surface area (Å²) in [4.78, 5) is 11.8. The van der Waals surface area contributed by atoms with Crippen molar-refractivity contribution in [3.05, 3.63) is 23.8 Å². The molecule has 0 bridgehead atoms. The number of aryl methyl sites for hydroxylation is 1. The molecule has 0 saturated carbocycles. The fourth-order valence-corrected chi connectivity index (χ4v) is 2.98. The lowest BCUT2D eigenvalue weighted by molar-refractivity contribution is -0.113. The van der Waals surface area contributed by atoms with Gasteiger partial charge in [0.25, 0.3) is 0 Å². The van der Waals surface area contributed by atoms with Crippen molar-refractivity contribution in [1.29, 1.82) is 0 Å². The Morgan fingerprint density at radius 2 is 2.27 bits per heavy atom. The molecule has 0 aliphatic carbocycles. The van der Waals surface area contributed by atoms with Crippen LogP contribution in [0.3, 0.4) is 0 Å². The van der Waals surface area contributed by atoms with Crippen LogP contribution in [0.1, 0.15) is 5.56 Å². The van der Waals surface area contributed by atoms with Crippen LogP contribution < -0.4 is 15.8 Å². The van der Waals surface area contributed by atoms with Gasteiger partial charge in [-0.25, -0.2) is 0 Å². The predicted octanol–water partition coefficient (Wildman–Crippen LogP) is 2.76. The van der Waals surface area contributed by atoms with Gasteiger partial charge >= 0.3 is 6.61 Å². The Labute approximate surface area is 133 Å². The van der Waals surface area contributed by atoms with Gasteiger partial charge in [0.05, 0.1) is 5.75 Å². The second-order valence-corrected chi connectivity index (χ2v) is 6.33. The van der Waals surface area contributed by atoms with Gasteiger partial charge in [-0.3, -0.25) is 4.79 Å². The molecular weight excluding hydrogens is 334 g/mol. The minimum Gasteiger partial charge on any atom is -0.435 e. The predicted molar refractivity (Wildman–Crippen MR) is 81.5 cm³/mol. The number of hydrogen-bond acceptors (Lipinski definition) is 7. The summed E-state index contributed by atoms with van der Waals surface area (Å²) >= 11 is 2.41. The van der Waals surface area contributed by atoms with Gasteiger partial charge in [0.15, 0.2) is 4.34 Å². The normalized spacial score (nSPS) is 10.7. The van der Waals surface area contributed by atoms with Gasteiger partial charge in [-0.05, 0) is 30.7 Å². The highest BCUT2D eigenvalue weighted by Crippen LogP contribution is 2.25. The number of nitrogens with one attached hydrogen (secondary N) is 1. The number of thioether (sulfide) groups is 1. The highest BCUT2D eigenvalue weighted by molar-refractivity contribution is 8.01. The summed E-state index contributed by atoms with van der Waals surface area (Å²) in [7, 11) is 0. The maximum Gasteiger partial charge on any atom is 0.387 e. The molecule has 0 aliphatic rings. The average Bonchev–Trinajstić information content (AvgIpc) is 2.85. The third kappa shape index (κ3) is 4.81. The third-order valence-corrected chi connectivity index (χ3v) is 4.33. The van der Waals surface area contributed by atoms with Crippen LogP contribution in [0.4, 0.5) is 19.6 Å². The highest BCUT2D eigenvalue weighted by atomic mass is 32.2. The summed E-state index contributed by atoms with van der Waals surface area (Å²) < 4.78 is 29.1. The second-order valence-electron chi connectivity index (χ2n) is 4.10. The number of halogens is 2. The van der Waals surface area contributed by atoms with Crippen molar-refractivity contribution >= 4 is 39.8 Å². The fraction of sp³-hybridized carbons (Fsp3) is 0.250. The fourth-order valence-electron chi connectivity index (χ4n) is 1.54. The Hall–Kier alpha value is -1.94. The van der Waals surface area contributed by atoms with Crippen LogP contribution in [0.25, 0.3) is 0 Å². The number of alkyl halides is 2. The monoisotopic (exact) mass is 346 g/mol. The molecule has 2 aromatic rings. The largest absolute Gasteiger partial charge is 0.435 e. The summed E-state index contributed by atoms with van der Waals surface area (Å²) in [6.45, 7) is -1.19. The molecule has 118 valence electrons. The number of carbonyl (C=O) groups is 1. The van der Waals surface area contributed by atoms with Gasteiger partial charge in [0, 0.05) is 5.69 Å². The quantitative estimate of drug-likeness (QED) is 0.782. The number of amides is 1. The standard InChI is InChI=1S/C12H12F2N4O2S2/c1-6-4-7(20-10(13)14)2-3-8(6)16-9(19)5-21-12-18-17-11(15)22-12/h2-4,10H,5H2,1H3,(H2,15,17)(H,16,19). The summed E-state index contributed by atoms with van der Waals surface area (Å²) in [6.07, 6.45) is 0. The molecule has 0 aliphatic heterocycles. The van der Waals surface area contributed by atoms with Crippen LogP contribution in [-0.2, 0) is 4.79 Å². The van der Waals surface area contributed by atoms with Gasteiger partial charge in [-0.15, -0.1) is 10.2 Å². The topological polar surface area (TPSA) is 90.1 Å². The molecule has 22 heavy (non-hydrogen) atoms. The molecule has 0 spiro atoms. The lowest BCUT2D eigenvalue weighted by atomic mass is 10.2. The lowest BCUT2D eigenvalue weighted by Gasteiger charge is -2.10. The van der Waals surface area contributed by atoms with Crippen molar-refractivity contribution in [2.75, 3.05) is 16.8 Å². The maximum atomic E-state index is 12.1. The first-order valence-corrected chi connectivity index (χ1v) is 7.81. The number of nitrogen functional groups attached to an aromatic ring is 1. The van der Waals surface area contributed by atoms with Crippen LogP contribution in [0.2, 0.25) is 0 Å². The van der Waals surface area contributed by atoms with E-state index in [0.29, 0.717) is 20.7 Å². The number of anilines is 2. The van der Waals surface area contributed by atoms with Gasteiger partial charge in [-0.1, -0.05) is 23.1 Å². The molecule has 1 heterocycles. The van der Waals surface area contributed by atoms with Gasteiger partial charge in [0.1, 0.15) is 5.75 Å². The van der Waals surface area contributed by atoms with E-state index in [1.54, 1.807) is 6.92 Å². The summed E-state index contributed by atoms with van der Waals surface area (Å²) in [5, 5.41) is 10.5. The Kier molecular flexibility index (Phi) is 5.50. The van der Waals surface area contributed by atoms with Crippen molar-refractivity contribution in [3.63, 3.8) is 0 Å². The first kappa shape index (κ1) is 16.4. The van der Waals surface area contributed by atoms with Crippen molar-refractivity contribution in [2.24, 2.45) is 0 Å². The van der Waals surface area contributed by atoms with E-state index < -0.39 is 6.61 Å². The molecule has 1 aromatic heterocycles. The van der Waals surface area contributed by atoms with E-state index in [1.165, 1.54) is 41.3 Å². The van der Waals surface area contributed by atoms with Gasteiger partial charge < -0.3 is 15.8 Å². The average molecular weight is 346 g/mol. The first-order valence-electron chi connectivity index (χ1n) is 6.01. The minimum atomic E-state index is -2.88. The molecule has 1 amide bonds. The zero-order chi connectivity index (χ0) is 16.1. The van der Waals surface area contributed by atoms with Gasteiger partial charge in [-0.2, -0.15) is 8.78 Å². The van der Waals surface area contributed by atoms with Crippen LogP contribution in [0.5, 0.6) is 5.75 Å². The number of nitrogens with two attached hydrogens (primary N) is 1. The van der Waals surface area contributed by atoms with E-state index in [0.717, 1.165) is 0 Å². The zero-order valence-corrected chi connectivity index (χ0v) is 13.0. The number of carbonyl (C=O) groups excluding carboxylic acids is 1. The van der Waals surface area contributed by atoms with Crippen molar-refractivity contribution in [1.82, 2.24) is 10.2 Å². The summed E-state index contributed by atoms with van der Waals surface area (Å²) in [5.41, 5.74) is 6.60. The van der Waals surface area contributed by atoms with Crippen LogP contribution >= 0.6 is 23.1 Å².